The molecule has 0 saturated heterocycles. The Morgan fingerprint density at radius 1 is 1.07 bits per heavy atom. The van der Waals surface area contributed by atoms with E-state index in [2.05, 4.69) is 15.2 Å². The Bertz CT molecular complexity index is 436. The molecular formula is C10H11N3O2. The van der Waals surface area contributed by atoms with Gasteiger partial charge in [0.15, 0.2) is 5.82 Å². The van der Waals surface area contributed by atoms with Crippen LogP contribution in [0.4, 0.5) is 0 Å². The van der Waals surface area contributed by atoms with Crippen LogP contribution in [0.15, 0.2) is 24.3 Å². The van der Waals surface area contributed by atoms with Crippen molar-refractivity contribution in [1.29, 1.82) is 0 Å². The molecule has 1 aromatic carbocycles. The van der Waals surface area contributed by atoms with Crippen molar-refractivity contribution in [1.82, 2.24) is 15.2 Å². The van der Waals surface area contributed by atoms with Crippen LogP contribution in [0.5, 0.6) is 11.8 Å². The normalized spacial score (nSPS) is 10.0. The summed E-state index contributed by atoms with van der Waals surface area (Å²) >= 11 is 0. The molecule has 78 valence electrons. The molecule has 1 N–H and O–H groups in total. The molecule has 1 aromatic heterocycles. The van der Waals surface area contributed by atoms with Crippen LogP contribution in [0.2, 0.25) is 0 Å². The average Bonchev–Trinajstić information content (AvgIpc) is 2.78. The van der Waals surface area contributed by atoms with Crippen LogP contribution in [-0.4, -0.2) is 29.4 Å². The largest absolute Gasteiger partial charge is 0.497 e. The Kier molecular flexibility index (Phi) is 2.53. The van der Waals surface area contributed by atoms with E-state index in [1.165, 1.54) is 7.11 Å². The van der Waals surface area contributed by atoms with Gasteiger partial charge in [-0.25, -0.2) is 0 Å². The number of hydrogen-bond acceptors (Lipinski definition) is 4. The molecule has 1 heterocycles. The van der Waals surface area contributed by atoms with Gasteiger partial charge in [0.05, 0.1) is 14.2 Å². The van der Waals surface area contributed by atoms with Crippen molar-refractivity contribution in [2.45, 2.75) is 0 Å². The molecule has 15 heavy (non-hydrogen) atoms. The number of aromatic amines is 1. The monoisotopic (exact) mass is 205 g/mol. The first-order chi connectivity index (χ1) is 7.33. The van der Waals surface area contributed by atoms with Crippen LogP contribution in [0.1, 0.15) is 0 Å². The summed E-state index contributed by atoms with van der Waals surface area (Å²) in [5.41, 5.74) is 0.937. The highest BCUT2D eigenvalue weighted by Gasteiger charge is 2.04. The zero-order valence-corrected chi connectivity index (χ0v) is 8.52. The maximum absolute atomic E-state index is 5.06. The predicted octanol–water partition coefficient (Wildman–Crippen LogP) is 1.49. The lowest BCUT2D eigenvalue weighted by Gasteiger charge is -1.99. The third-order valence-corrected chi connectivity index (χ3v) is 2.01. The standard InChI is InChI=1S/C10H11N3O2/c1-14-8-5-3-7(4-6-8)9-11-10(15-2)13-12-9/h3-6H,1-2H3,(H,11,12,13). The van der Waals surface area contributed by atoms with Crippen molar-refractivity contribution in [2.24, 2.45) is 0 Å². The highest BCUT2D eigenvalue weighted by Crippen LogP contribution is 2.19. The molecule has 0 amide bonds. The lowest BCUT2D eigenvalue weighted by Crippen LogP contribution is -1.85. The number of aromatic nitrogens is 3. The summed E-state index contributed by atoms with van der Waals surface area (Å²) in [7, 11) is 3.16. The molecule has 2 rings (SSSR count). The van der Waals surface area contributed by atoms with Gasteiger partial charge in [0.25, 0.3) is 0 Å². The highest BCUT2D eigenvalue weighted by molar-refractivity contribution is 5.56. The van der Waals surface area contributed by atoms with Gasteiger partial charge in [-0.15, -0.1) is 5.10 Å². The van der Waals surface area contributed by atoms with Gasteiger partial charge < -0.3 is 9.47 Å². The third-order valence-electron chi connectivity index (χ3n) is 2.01. The first-order valence-corrected chi connectivity index (χ1v) is 4.44. The minimum atomic E-state index is 0.334. The molecule has 0 aliphatic rings. The van der Waals surface area contributed by atoms with Gasteiger partial charge in [0.2, 0.25) is 0 Å². The van der Waals surface area contributed by atoms with Gasteiger partial charge in [0.1, 0.15) is 5.75 Å². The summed E-state index contributed by atoms with van der Waals surface area (Å²) < 4.78 is 9.94. The van der Waals surface area contributed by atoms with Crippen molar-refractivity contribution in [2.75, 3.05) is 14.2 Å². The number of nitrogens with zero attached hydrogens (tertiary/aromatic N) is 2. The van der Waals surface area contributed by atoms with E-state index < -0.39 is 0 Å². The van der Waals surface area contributed by atoms with Crippen molar-refractivity contribution < 1.29 is 9.47 Å². The summed E-state index contributed by atoms with van der Waals surface area (Å²) in [5.74, 6) is 1.49. The lowest BCUT2D eigenvalue weighted by molar-refractivity contribution is 0.382. The highest BCUT2D eigenvalue weighted by atomic mass is 16.5. The molecule has 2 aromatic rings. The Morgan fingerprint density at radius 2 is 1.80 bits per heavy atom. The molecule has 0 spiro atoms. The second kappa shape index (κ2) is 4.00. The van der Waals surface area contributed by atoms with Gasteiger partial charge >= 0.3 is 6.01 Å². The fourth-order valence-electron chi connectivity index (χ4n) is 1.22. The molecule has 0 atom stereocenters. The van der Waals surface area contributed by atoms with Crippen LogP contribution >= 0.6 is 0 Å². The van der Waals surface area contributed by atoms with E-state index >= 15 is 0 Å². The molecule has 0 aliphatic heterocycles. The van der Waals surface area contributed by atoms with E-state index in [-0.39, 0.29) is 0 Å². The number of hydrogen-bond donors (Lipinski definition) is 1. The minimum absolute atomic E-state index is 0.334. The number of nitrogens with one attached hydrogen (secondary N) is 1. The van der Waals surface area contributed by atoms with E-state index in [1.54, 1.807) is 7.11 Å². The van der Waals surface area contributed by atoms with Gasteiger partial charge in [-0.05, 0) is 24.3 Å². The van der Waals surface area contributed by atoms with Gasteiger partial charge in [0, 0.05) is 5.56 Å². The van der Waals surface area contributed by atoms with Gasteiger partial charge in [-0.3, -0.25) is 5.10 Å². The molecule has 0 saturated carbocycles. The van der Waals surface area contributed by atoms with Crippen molar-refractivity contribution in [3.63, 3.8) is 0 Å². The van der Waals surface area contributed by atoms with E-state index in [4.69, 9.17) is 9.47 Å². The summed E-state index contributed by atoms with van der Waals surface area (Å²) in [4.78, 5) is 4.12. The van der Waals surface area contributed by atoms with Gasteiger partial charge in [-0.1, -0.05) is 0 Å². The molecule has 0 fully saturated rings. The van der Waals surface area contributed by atoms with E-state index in [0.717, 1.165) is 11.3 Å². The first-order valence-electron chi connectivity index (χ1n) is 4.44. The van der Waals surface area contributed by atoms with Crippen LogP contribution in [0.3, 0.4) is 0 Å². The zero-order chi connectivity index (χ0) is 10.7. The summed E-state index contributed by atoms with van der Waals surface area (Å²) in [5, 5.41) is 6.65. The maximum Gasteiger partial charge on any atom is 0.335 e. The number of benzene rings is 1. The van der Waals surface area contributed by atoms with E-state index in [9.17, 15) is 0 Å². The van der Waals surface area contributed by atoms with Crippen molar-refractivity contribution in [3.8, 4) is 23.1 Å². The number of ether oxygens (including phenoxy) is 2. The fourth-order valence-corrected chi connectivity index (χ4v) is 1.22. The van der Waals surface area contributed by atoms with Crippen molar-refractivity contribution >= 4 is 0 Å². The number of methoxy groups -OCH3 is 2. The van der Waals surface area contributed by atoms with Crippen LogP contribution < -0.4 is 9.47 Å². The SMILES string of the molecule is COc1ccc(-c2nc(OC)n[nH]2)cc1. The summed E-state index contributed by atoms with van der Waals surface area (Å²) in [6.07, 6.45) is 0. The van der Waals surface area contributed by atoms with E-state index in [0.29, 0.717) is 11.8 Å². The lowest BCUT2D eigenvalue weighted by atomic mass is 10.2. The zero-order valence-electron chi connectivity index (χ0n) is 8.52. The Labute approximate surface area is 87.1 Å². The average molecular weight is 205 g/mol. The van der Waals surface area contributed by atoms with Crippen LogP contribution in [-0.2, 0) is 0 Å². The third kappa shape index (κ3) is 1.90. The molecule has 5 heteroatoms. The second-order valence-corrected chi connectivity index (χ2v) is 2.90. The molecule has 5 nitrogen and oxygen atoms in total. The molecule has 0 radical (unpaired) electrons. The van der Waals surface area contributed by atoms with Crippen LogP contribution in [0, 0.1) is 0 Å². The maximum atomic E-state index is 5.06. The Hall–Kier alpha value is -2.04. The topological polar surface area (TPSA) is 60.0 Å². The number of rotatable bonds is 3. The van der Waals surface area contributed by atoms with Crippen molar-refractivity contribution in [3.05, 3.63) is 24.3 Å². The molecule has 0 unspecified atom stereocenters. The Morgan fingerprint density at radius 3 is 2.33 bits per heavy atom. The van der Waals surface area contributed by atoms with Crippen LogP contribution in [0.25, 0.3) is 11.4 Å². The first kappa shape index (κ1) is 9.51. The summed E-state index contributed by atoms with van der Waals surface area (Å²) in [6.45, 7) is 0. The fraction of sp³-hybridized carbons (Fsp3) is 0.200. The number of H-pyrrole nitrogens is 1. The summed E-state index contributed by atoms with van der Waals surface area (Å²) in [6, 6.07) is 7.87. The Balaban J connectivity index is 2.28. The minimum Gasteiger partial charge on any atom is -0.497 e. The quantitative estimate of drug-likeness (QED) is 0.824. The van der Waals surface area contributed by atoms with Gasteiger partial charge in [-0.2, -0.15) is 4.98 Å². The smallest absolute Gasteiger partial charge is 0.335 e. The second-order valence-electron chi connectivity index (χ2n) is 2.90. The van der Waals surface area contributed by atoms with E-state index in [1.807, 2.05) is 24.3 Å². The molecule has 0 aliphatic carbocycles. The molecule has 0 bridgehead atoms. The molecular weight excluding hydrogens is 194 g/mol. The predicted molar refractivity (Wildman–Crippen MR) is 54.9 cm³/mol.